The van der Waals surface area contributed by atoms with E-state index in [0.29, 0.717) is 19.3 Å². The maximum atomic E-state index is 11.1. The molecule has 1 fully saturated rings. The molecular weight excluding hydrogens is 242 g/mol. The van der Waals surface area contributed by atoms with E-state index in [-0.39, 0.29) is 12.6 Å². The van der Waals surface area contributed by atoms with Crippen LogP contribution in [0.25, 0.3) is 0 Å². The predicted molar refractivity (Wildman–Crippen MR) is 76.1 cm³/mol. The minimum atomic E-state index is -0.270. The third-order valence-electron chi connectivity index (χ3n) is 4.13. The van der Waals surface area contributed by atoms with Gasteiger partial charge in [-0.1, -0.05) is 13.3 Å². The molecule has 19 heavy (non-hydrogen) atoms. The van der Waals surface area contributed by atoms with Gasteiger partial charge in [0.05, 0.1) is 13.2 Å². The lowest BCUT2D eigenvalue weighted by Crippen LogP contribution is -2.37. The van der Waals surface area contributed by atoms with Gasteiger partial charge in [-0.2, -0.15) is 0 Å². The number of carbonyl (C=O) groups is 1. The number of rotatable bonds is 8. The van der Waals surface area contributed by atoms with Crippen LogP contribution >= 0.6 is 0 Å². The molecule has 1 aliphatic rings. The van der Waals surface area contributed by atoms with E-state index < -0.39 is 0 Å². The van der Waals surface area contributed by atoms with Gasteiger partial charge in [0, 0.05) is 12.6 Å². The van der Waals surface area contributed by atoms with Crippen molar-refractivity contribution in [3.8, 4) is 0 Å². The highest BCUT2D eigenvalue weighted by atomic mass is 16.6. The van der Waals surface area contributed by atoms with Crippen molar-refractivity contribution in [1.29, 1.82) is 0 Å². The summed E-state index contributed by atoms with van der Waals surface area (Å²) in [6.45, 7) is 6.08. The molecule has 1 saturated carbocycles. The second-order valence-electron chi connectivity index (χ2n) is 5.42. The van der Waals surface area contributed by atoms with E-state index in [4.69, 9.17) is 9.47 Å². The first-order valence-corrected chi connectivity index (χ1v) is 7.60. The Morgan fingerprint density at radius 1 is 1.21 bits per heavy atom. The molecule has 0 bridgehead atoms. The summed E-state index contributed by atoms with van der Waals surface area (Å²) in [6.07, 6.45) is 6.63. The fourth-order valence-corrected chi connectivity index (χ4v) is 2.74. The molecule has 0 unspecified atom stereocenters. The lowest BCUT2D eigenvalue weighted by atomic mass is 9.84. The van der Waals surface area contributed by atoms with Gasteiger partial charge in [0.2, 0.25) is 0 Å². The van der Waals surface area contributed by atoms with Gasteiger partial charge in [-0.15, -0.1) is 0 Å². The Morgan fingerprint density at radius 2 is 1.89 bits per heavy atom. The van der Waals surface area contributed by atoms with E-state index in [1.54, 1.807) is 6.92 Å². The molecule has 0 aromatic rings. The second-order valence-corrected chi connectivity index (χ2v) is 5.42. The summed E-state index contributed by atoms with van der Waals surface area (Å²) in [7, 11) is 2.16. The van der Waals surface area contributed by atoms with Gasteiger partial charge in [-0.3, -0.25) is 0 Å². The van der Waals surface area contributed by atoms with Gasteiger partial charge in [0.1, 0.15) is 6.61 Å². The van der Waals surface area contributed by atoms with Crippen LogP contribution in [0.15, 0.2) is 0 Å². The van der Waals surface area contributed by atoms with Crippen LogP contribution in [-0.2, 0) is 14.3 Å². The normalized spacial score (nSPS) is 23.6. The van der Waals surface area contributed by atoms with Gasteiger partial charge in [-0.05, 0) is 45.6 Å². The summed E-state index contributed by atoms with van der Waals surface area (Å²) in [4.78, 5) is 13.5. The highest BCUT2D eigenvalue weighted by Crippen LogP contribution is 2.28. The van der Waals surface area contributed by atoms with E-state index in [1.807, 2.05) is 0 Å². The van der Waals surface area contributed by atoms with Crippen molar-refractivity contribution < 1.29 is 14.3 Å². The lowest BCUT2D eigenvalue weighted by molar-refractivity contribution is -0.148. The number of nitrogens with zero attached hydrogens (tertiary/aromatic N) is 1. The third kappa shape index (κ3) is 6.39. The first kappa shape index (κ1) is 16.4. The number of carbonyl (C=O) groups excluding carboxylic acids is 1. The monoisotopic (exact) mass is 271 g/mol. The van der Waals surface area contributed by atoms with Crippen molar-refractivity contribution in [1.82, 2.24) is 4.90 Å². The summed E-state index contributed by atoms with van der Waals surface area (Å²) in [5.74, 6) is 0.665. The Kier molecular flexibility index (Phi) is 8.07. The number of likely N-dealkylation sites (N-methyl/N-ethyl adjacent to an activating group) is 1. The average Bonchev–Trinajstić information content (AvgIpc) is 2.44. The first-order chi connectivity index (χ1) is 9.17. The molecule has 0 aromatic heterocycles. The van der Waals surface area contributed by atoms with Crippen LogP contribution in [0, 0.1) is 5.92 Å². The Balaban J connectivity index is 2.08. The molecule has 0 aliphatic heterocycles. The quantitative estimate of drug-likeness (QED) is 0.502. The molecule has 0 saturated heterocycles. The van der Waals surface area contributed by atoms with Crippen molar-refractivity contribution in [3.05, 3.63) is 0 Å². The van der Waals surface area contributed by atoms with Crippen LogP contribution in [0.3, 0.4) is 0 Å². The Labute approximate surface area is 117 Å². The van der Waals surface area contributed by atoms with E-state index in [0.717, 1.165) is 12.5 Å². The molecule has 4 heteroatoms. The molecule has 0 amide bonds. The van der Waals surface area contributed by atoms with E-state index in [2.05, 4.69) is 18.9 Å². The maximum Gasteiger partial charge on any atom is 0.332 e. The molecule has 0 heterocycles. The lowest BCUT2D eigenvalue weighted by Gasteiger charge is -2.34. The van der Waals surface area contributed by atoms with Gasteiger partial charge in [-0.25, -0.2) is 4.79 Å². The summed E-state index contributed by atoms with van der Waals surface area (Å²) >= 11 is 0. The van der Waals surface area contributed by atoms with Crippen LogP contribution < -0.4 is 0 Å². The molecule has 4 nitrogen and oxygen atoms in total. The number of ether oxygens (including phenoxy) is 2. The second kappa shape index (κ2) is 9.32. The van der Waals surface area contributed by atoms with Crippen LogP contribution in [0.2, 0.25) is 0 Å². The largest absolute Gasteiger partial charge is 0.464 e. The standard InChI is InChI=1S/C15H29NO3/c1-4-13-6-8-14(9-7-13)16(3)10-11-18-12-15(17)19-5-2/h13-14H,4-12H2,1-3H3. The summed E-state index contributed by atoms with van der Waals surface area (Å²) in [6, 6.07) is 0.689. The van der Waals surface area contributed by atoms with Crippen LogP contribution in [0.4, 0.5) is 0 Å². The van der Waals surface area contributed by atoms with Crippen molar-refractivity contribution in [2.75, 3.05) is 33.4 Å². The third-order valence-corrected chi connectivity index (χ3v) is 4.13. The van der Waals surface area contributed by atoms with E-state index in [1.165, 1.54) is 32.1 Å². The SMILES string of the molecule is CCOC(=O)COCCN(C)C1CCC(CC)CC1. The first-order valence-electron chi connectivity index (χ1n) is 7.60. The van der Waals surface area contributed by atoms with Crippen LogP contribution in [-0.4, -0.2) is 50.3 Å². The van der Waals surface area contributed by atoms with Gasteiger partial charge >= 0.3 is 5.97 Å². The molecule has 112 valence electrons. The average molecular weight is 271 g/mol. The van der Waals surface area contributed by atoms with Crippen LogP contribution in [0.5, 0.6) is 0 Å². The van der Waals surface area contributed by atoms with Gasteiger partial charge in [0.15, 0.2) is 0 Å². The summed E-state index contributed by atoms with van der Waals surface area (Å²) in [5, 5.41) is 0. The highest BCUT2D eigenvalue weighted by Gasteiger charge is 2.22. The molecule has 0 N–H and O–H groups in total. The zero-order valence-corrected chi connectivity index (χ0v) is 12.7. The fraction of sp³-hybridized carbons (Fsp3) is 0.933. The highest BCUT2D eigenvalue weighted by molar-refractivity contribution is 5.70. The number of esters is 1. The van der Waals surface area contributed by atoms with Crippen LogP contribution in [0.1, 0.15) is 46.0 Å². The number of hydrogen-bond donors (Lipinski definition) is 0. The van der Waals surface area contributed by atoms with Gasteiger partial charge in [0.25, 0.3) is 0 Å². The molecular formula is C15H29NO3. The van der Waals surface area contributed by atoms with Crippen molar-refractivity contribution in [2.24, 2.45) is 5.92 Å². The predicted octanol–water partition coefficient (Wildman–Crippen LogP) is 2.47. The molecule has 0 atom stereocenters. The summed E-state index contributed by atoms with van der Waals surface area (Å²) in [5.41, 5.74) is 0. The van der Waals surface area contributed by atoms with E-state index >= 15 is 0 Å². The molecule has 0 spiro atoms. The number of hydrogen-bond acceptors (Lipinski definition) is 4. The maximum absolute atomic E-state index is 11.1. The zero-order chi connectivity index (χ0) is 14.1. The minimum Gasteiger partial charge on any atom is -0.464 e. The topological polar surface area (TPSA) is 38.8 Å². The van der Waals surface area contributed by atoms with Crippen molar-refractivity contribution >= 4 is 5.97 Å². The zero-order valence-electron chi connectivity index (χ0n) is 12.7. The van der Waals surface area contributed by atoms with E-state index in [9.17, 15) is 4.79 Å². The molecule has 1 rings (SSSR count). The Morgan fingerprint density at radius 3 is 2.47 bits per heavy atom. The summed E-state index contributed by atoms with van der Waals surface area (Å²) < 4.78 is 10.1. The molecule has 0 radical (unpaired) electrons. The van der Waals surface area contributed by atoms with Crippen molar-refractivity contribution in [2.45, 2.75) is 52.0 Å². The van der Waals surface area contributed by atoms with Gasteiger partial charge < -0.3 is 14.4 Å². The fourth-order valence-electron chi connectivity index (χ4n) is 2.74. The van der Waals surface area contributed by atoms with Crippen molar-refractivity contribution in [3.63, 3.8) is 0 Å². The Hall–Kier alpha value is -0.610. The Bertz CT molecular complexity index is 250. The molecule has 1 aliphatic carbocycles. The molecule has 0 aromatic carbocycles. The smallest absolute Gasteiger partial charge is 0.332 e. The minimum absolute atomic E-state index is 0.0737.